The van der Waals surface area contributed by atoms with E-state index < -0.39 is 5.25 Å². The van der Waals surface area contributed by atoms with Crippen LogP contribution in [0.1, 0.15) is 12.5 Å². The van der Waals surface area contributed by atoms with E-state index in [1.165, 1.54) is 36.0 Å². The number of thioether (sulfide) groups is 1. The van der Waals surface area contributed by atoms with Gasteiger partial charge in [-0.3, -0.25) is 9.59 Å². The van der Waals surface area contributed by atoms with Crippen molar-refractivity contribution in [2.75, 3.05) is 16.4 Å². The lowest BCUT2D eigenvalue weighted by Gasteiger charge is -2.13. The summed E-state index contributed by atoms with van der Waals surface area (Å²) in [5, 5.41) is 5.59. The van der Waals surface area contributed by atoms with Gasteiger partial charge < -0.3 is 10.6 Å². The van der Waals surface area contributed by atoms with Gasteiger partial charge in [0.05, 0.1) is 11.0 Å². The molecule has 0 aliphatic carbocycles. The number of hydrogen-bond donors (Lipinski definition) is 2. The van der Waals surface area contributed by atoms with Gasteiger partial charge in [-0.2, -0.15) is 0 Å². The Bertz CT molecular complexity index is 768. The Labute approximate surface area is 155 Å². The van der Waals surface area contributed by atoms with Crippen LogP contribution in [0.3, 0.4) is 0 Å². The van der Waals surface area contributed by atoms with Crippen LogP contribution in [0.2, 0.25) is 5.02 Å². The molecule has 0 radical (unpaired) electrons. The lowest BCUT2D eigenvalue weighted by atomic mass is 10.2. The number of carbonyl (C=O) groups is 2. The van der Waals surface area contributed by atoms with Crippen LogP contribution in [0.15, 0.2) is 42.5 Å². The molecule has 0 saturated carbocycles. The minimum Gasteiger partial charge on any atom is -0.325 e. The van der Waals surface area contributed by atoms with Crippen molar-refractivity contribution >= 4 is 46.6 Å². The maximum Gasteiger partial charge on any atom is 0.237 e. The van der Waals surface area contributed by atoms with Gasteiger partial charge in [0.1, 0.15) is 5.82 Å². The molecular weight excluding hydrogens is 363 g/mol. The maximum atomic E-state index is 12.8. The zero-order valence-electron chi connectivity index (χ0n) is 13.8. The van der Waals surface area contributed by atoms with Gasteiger partial charge >= 0.3 is 0 Å². The number of hydrogen-bond acceptors (Lipinski definition) is 3. The summed E-state index contributed by atoms with van der Waals surface area (Å²) in [6, 6.07) is 10.8. The highest BCUT2D eigenvalue weighted by Crippen LogP contribution is 2.21. The van der Waals surface area contributed by atoms with E-state index in [1.807, 2.05) is 13.0 Å². The second-order valence-corrected chi connectivity index (χ2v) is 7.20. The molecular formula is C18H18ClFN2O2S. The second-order valence-electron chi connectivity index (χ2n) is 5.46. The Morgan fingerprint density at radius 3 is 2.40 bits per heavy atom. The summed E-state index contributed by atoms with van der Waals surface area (Å²) < 4.78 is 12.8. The number of nitrogens with one attached hydrogen (secondary N) is 2. The highest BCUT2D eigenvalue weighted by molar-refractivity contribution is 8.01. The van der Waals surface area contributed by atoms with Gasteiger partial charge in [-0.15, -0.1) is 11.8 Å². The number of amides is 2. The van der Waals surface area contributed by atoms with E-state index >= 15 is 0 Å². The van der Waals surface area contributed by atoms with E-state index in [0.29, 0.717) is 16.4 Å². The molecule has 0 heterocycles. The van der Waals surface area contributed by atoms with E-state index in [1.54, 1.807) is 19.1 Å². The van der Waals surface area contributed by atoms with Gasteiger partial charge in [-0.1, -0.05) is 17.7 Å². The Morgan fingerprint density at radius 1 is 1.12 bits per heavy atom. The van der Waals surface area contributed by atoms with Gasteiger partial charge in [0.25, 0.3) is 0 Å². The number of carbonyl (C=O) groups excluding carboxylic acids is 2. The molecule has 0 saturated heterocycles. The first kappa shape index (κ1) is 19.3. The fourth-order valence-corrected chi connectivity index (χ4v) is 2.79. The lowest BCUT2D eigenvalue weighted by molar-refractivity contribution is -0.115. The van der Waals surface area contributed by atoms with Gasteiger partial charge in [-0.25, -0.2) is 4.39 Å². The SMILES string of the molecule is Cc1ccc(NC(=O)[C@@H](C)SCC(=O)Nc2ccc(F)cc2)cc1Cl. The number of rotatable bonds is 6. The quantitative estimate of drug-likeness (QED) is 0.776. The number of anilines is 2. The van der Waals surface area contributed by atoms with Crippen molar-refractivity contribution in [3.8, 4) is 0 Å². The van der Waals surface area contributed by atoms with E-state index in [-0.39, 0.29) is 23.4 Å². The fraction of sp³-hybridized carbons (Fsp3) is 0.222. The van der Waals surface area contributed by atoms with Crippen molar-refractivity contribution < 1.29 is 14.0 Å². The molecule has 132 valence electrons. The summed E-state index contributed by atoms with van der Waals surface area (Å²) in [6.45, 7) is 3.60. The molecule has 0 spiro atoms. The third kappa shape index (κ3) is 6.07. The average Bonchev–Trinajstić information content (AvgIpc) is 2.58. The molecule has 1 atom stereocenters. The molecule has 0 aliphatic heterocycles. The van der Waals surface area contributed by atoms with Crippen LogP contribution in [0, 0.1) is 12.7 Å². The molecule has 0 unspecified atom stereocenters. The molecule has 7 heteroatoms. The smallest absolute Gasteiger partial charge is 0.237 e. The van der Waals surface area contributed by atoms with Crippen LogP contribution in [0.4, 0.5) is 15.8 Å². The Kier molecular flexibility index (Phi) is 6.84. The van der Waals surface area contributed by atoms with E-state index in [2.05, 4.69) is 10.6 Å². The minimum absolute atomic E-state index is 0.112. The molecule has 0 fully saturated rings. The fourth-order valence-electron chi connectivity index (χ4n) is 1.92. The first-order valence-corrected chi connectivity index (χ1v) is 9.02. The van der Waals surface area contributed by atoms with Crippen LogP contribution in [-0.4, -0.2) is 22.8 Å². The van der Waals surface area contributed by atoms with E-state index in [4.69, 9.17) is 11.6 Å². The van der Waals surface area contributed by atoms with Crippen molar-refractivity contribution in [1.29, 1.82) is 0 Å². The van der Waals surface area contributed by atoms with Crippen molar-refractivity contribution in [3.05, 3.63) is 58.9 Å². The zero-order chi connectivity index (χ0) is 18.4. The standard InChI is InChI=1S/C18H18ClFN2O2S/c1-11-3-6-15(9-16(11)19)22-18(24)12(2)25-10-17(23)21-14-7-4-13(20)5-8-14/h3-9,12H,10H2,1-2H3,(H,21,23)(H,22,24)/t12-/m1/s1. The second kappa shape index (κ2) is 8.87. The molecule has 2 amide bonds. The van der Waals surface area contributed by atoms with Crippen LogP contribution < -0.4 is 10.6 Å². The summed E-state index contributed by atoms with van der Waals surface area (Å²) in [5.74, 6) is -0.719. The van der Waals surface area contributed by atoms with Crippen LogP contribution in [0.25, 0.3) is 0 Å². The third-order valence-corrected chi connectivity index (χ3v) is 4.95. The minimum atomic E-state index is -0.418. The van der Waals surface area contributed by atoms with Gasteiger partial charge in [0, 0.05) is 16.4 Å². The van der Waals surface area contributed by atoms with Gasteiger partial charge in [0.15, 0.2) is 0 Å². The molecule has 25 heavy (non-hydrogen) atoms. The summed E-state index contributed by atoms with van der Waals surface area (Å²) in [7, 11) is 0. The molecule has 0 aromatic heterocycles. The molecule has 0 bridgehead atoms. The van der Waals surface area contributed by atoms with E-state index in [0.717, 1.165) is 5.56 Å². The maximum absolute atomic E-state index is 12.8. The normalized spacial score (nSPS) is 11.7. The van der Waals surface area contributed by atoms with Crippen molar-refractivity contribution in [1.82, 2.24) is 0 Å². The summed E-state index contributed by atoms with van der Waals surface area (Å²) in [6.07, 6.45) is 0. The van der Waals surface area contributed by atoms with Crippen LogP contribution >= 0.6 is 23.4 Å². The predicted molar refractivity (Wildman–Crippen MR) is 102 cm³/mol. The number of aryl methyl sites for hydroxylation is 1. The molecule has 2 rings (SSSR count). The predicted octanol–water partition coefficient (Wildman–Crippen LogP) is 4.49. The van der Waals surface area contributed by atoms with Gasteiger partial charge in [-0.05, 0) is 55.8 Å². The first-order valence-electron chi connectivity index (χ1n) is 7.59. The lowest BCUT2D eigenvalue weighted by Crippen LogP contribution is -2.25. The van der Waals surface area contributed by atoms with Crippen molar-refractivity contribution in [3.63, 3.8) is 0 Å². The monoisotopic (exact) mass is 380 g/mol. The highest BCUT2D eigenvalue weighted by Gasteiger charge is 2.16. The molecule has 2 aromatic carbocycles. The average molecular weight is 381 g/mol. The topological polar surface area (TPSA) is 58.2 Å². The van der Waals surface area contributed by atoms with Crippen LogP contribution in [0.5, 0.6) is 0 Å². The third-order valence-electron chi connectivity index (χ3n) is 3.40. The molecule has 0 aliphatic rings. The van der Waals surface area contributed by atoms with E-state index in [9.17, 15) is 14.0 Å². The Morgan fingerprint density at radius 2 is 1.76 bits per heavy atom. The zero-order valence-corrected chi connectivity index (χ0v) is 15.4. The number of benzene rings is 2. The van der Waals surface area contributed by atoms with Gasteiger partial charge in [0.2, 0.25) is 11.8 Å². The number of halogens is 2. The largest absolute Gasteiger partial charge is 0.325 e. The molecule has 4 nitrogen and oxygen atoms in total. The molecule has 2 aromatic rings. The summed E-state index contributed by atoms with van der Waals surface area (Å²) >= 11 is 7.24. The summed E-state index contributed by atoms with van der Waals surface area (Å²) in [4.78, 5) is 24.1. The van der Waals surface area contributed by atoms with Crippen molar-refractivity contribution in [2.45, 2.75) is 19.1 Å². The highest BCUT2D eigenvalue weighted by atomic mass is 35.5. The Hall–Kier alpha value is -2.05. The van der Waals surface area contributed by atoms with Crippen LogP contribution in [-0.2, 0) is 9.59 Å². The first-order chi connectivity index (χ1) is 11.8. The molecule has 2 N–H and O–H groups in total. The Balaban J connectivity index is 1.81. The van der Waals surface area contributed by atoms with Crippen molar-refractivity contribution in [2.24, 2.45) is 0 Å². The summed E-state index contributed by atoms with van der Waals surface area (Å²) in [5.41, 5.74) is 2.06.